The summed E-state index contributed by atoms with van der Waals surface area (Å²) in [5.74, 6) is 1.93. The summed E-state index contributed by atoms with van der Waals surface area (Å²) in [6, 6.07) is 6.68. The molecule has 1 aromatic carbocycles. The van der Waals surface area contributed by atoms with Crippen molar-refractivity contribution < 1.29 is 9.66 Å². The number of hydrogen-bond donors (Lipinski definition) is 0. The molecule has 4 nitrogen and oxygen atoms in total. The fourth-order valence-electron chi connectivity index (χ4n) is 4.24. The van der Waals surface area contributed by atoms with Crippen molar-refractivity contribution >= 4 is 5.69 Å². The van der Waals surface area contributed by atoms with Gasteiger partial charge in [-0.15, -0.1) is 0 Å². The lowest BCUT2D eigenvalue weighted by Crippen LogP contribution is -2.25. The fourth-order valence-corrected chi connectivity index (χ4v) is 4.24. The lowest BCUT2D eigenvalue weighted by atomic mass is 9.76. The van der Waals surface area contributed by atoms with Crippen LogP contribution in [0.15, 0.2) is 24.3 Å². The first-order valence-corrected chi connectivity index (χ1v) is 10.6. The Morgan fingerprint density at radius 1 is 0.964 bits per heavy atom. The quantitative estimate of drug-likeness (QED) is 0.306. The predicted octanol–water partition coefficient (Wildman–Crippen LogP) is 7.51. The first kappa shape index (κ1) is 24.5. The fraction of sp³-hybridized carbons (Fsp3) is 0.750. The van der Waals surface area contributed by atoms with Crippen molar-refractivity contribution in [3.63, 3.8) is 0 Å². The van der Waals surface area contributed by atoms with E-state index < -0.39 is 0 Å². The van der Waals surface area contributed by atoms with E-state index in [1.54, 1.807) is 18.2 Å². The van der Waals surface area contributed by atoms with E-state index >= 15 is 0 Å². The Labute approximate surface area is 172 Å². The molecule has 0 N–H and O–H groups in total. The molecule has 0 bridgehead atoms. The van der Waals surface area contributed by atoms with Crippen LogP contribution in [-0.4, -0.2) is 11.5 Å². The molecule has 0 aliphatic rings. The van der Waals surface area contributed by atoms with Gasteiger partial charge in [0, 0.05) is 6.07 Å². The van der Waals surface area contributed by atoms with E-state index in [9.17, 15) is 10.1 Å². The third-order valence-electron chi connectivity index (χ3n) is 5.25. The highest BCUT2D eigenvalue weighted by Crippen LogP contribution is 2.35. The van der Waals surface area contributed by atoms with Gasteiger partial charge < -0.3 is 4.74 Å². The Morgan fingerprint density at radius 3 is 2.07 bits per heavy atom. The van der Waals surface area contributed by atoms with Gasteiger partial charge in [-0.2, -0.15) is 0 Å². The van der Waals surface area contributed by atoms with Crippen molar-refractivity contribution in [3.05, 3.63) is 34.4 Å². The monoisotopic (exact) mass is 391 g/mol. The van der Waals surface area contributed by atoms with Gasteiger partial charge in [-0.05, 0) is 53.9 Å². The highest BCUT2D eigenvalue weighted by molar-refractivity contribution is 5.45. The Bertz CT molecular complexity index is 613. The van der Waals surface area contributed by atoms with E-state index in [1.807, 2.05) is 0 Å². The largest absolute Gasteiger partial charge is 0.487 e. The topological polar surface area (TPSA) is 52.4 Å². The van der Waals surface area contributed by atoms with Crippen LogP contribution in [-0.2, 0) is 0 Å². The Balaban J connectivity index is 2.82. The molecule has 4 heteroatoms. The summed E-state index contributed by atoms with van der Waals surface area (Å²) in [5, 5.41) is 11.3. The summed E-state index contributed by atoms with van der Waals surface area (Å²) in [4.78, 5) is 10.9. The molecule has 0 spiro atoms. The molecule has 1 rings (SSSR count). The van der Waals surface area contributed by atoms with Gasteiger partial charge in [-0.1, -0.05) is 73.9 Å². The molecule has 160 valence electrons. The van der Waals surface area contributed by atoms with E-state index in [1.165, 1.54) is 12.5 Å². The molecule has 0 heterocycles. The first-order valence-electron chi connectivity index (χ1n) is 10.6. The average Bonchev–Trinajstić information content (AvgIpc) is 2.51. The van der Waals surface area contributed by atoms with Crippen LogP contribution in [0.2, 0.25) is 0 Å². The van der Waals surface area contributed by atoms with Crippen molar-refractivity contribution in [2.24, 2.45) is 28.6 Å². The highest BCUT2D eigenvalue weighted by Gasteiger charge is 2.26. The first-order chi connectivity index (χ1) is 12.8. The van der Waals surface area contributed by atoms with Crippen molar-refractivity contribution in [1.82, 2.24) is 0 Å². The second-order valence-electron chi connectivity index (χ2n) is 11.0. The van der Waals surface area contributed by atoms with Gasteiger partial charge in [0.25, 0.3) is 0 Å². The van der Waals surface area contributed by atoms with Gasteiger partial charge in [-0.3, -0.25) is 10.1 Å². The number of nitro benzene ring substituents is 1. The second-order valence-corrected chi connectivity index (χ2v) is 11.0. The Hall–Kier alpha value is -1.58. The average molecular weight is 392 g/mol. The minimum absolute atomic E-state index is 0.0471. The number of rotatable bonds is 10. The number of hydrogen-bond acceptors (Lipinski definition) is 3. The van der Waals surface area contributed by atoms with Crippen LogP contribution in [0.3, 0.4) is 0 Å². The summed E-state index contributed by atoms with van der Waals surface area (Å²) in [6.45, 7) is 18.8. The smallest absolute Gasteiger partial charge is 0.310 e. The number of benzene rings is 1. The van der Waals surface area contributed by atoms with Crippen molar-refractivity contribution in [1.29, 1.82) is 0 Å². The maximum absolute atomic E-state index is 11.3. The minimum Gasteiger partial charge on any atom is -0.487 e. The summed E-state index contributed by atoms with van der Waals surface area (Å²) in [7, 11) is 0. The predicted molar refractivity (Wildman–Crippen MR) is 118 cm³/mol. The number of nitrogens with zero attached hydrogens (tertiary/aromatic N) is 1. The molecule has 0 saturated heterocycles. The molecule has 0 radical (unpaired) electrons. The summed E-state index contributed by atoms with van der Waals surface area (Å²) >= 11 is 0. The SMILES string of the molecule is C[C@@H](CC[C@H](COc1ccccc1[N+](=O)[O-])[C@@H](C)CC(C)(C)C)CC(C)(C)C. The third kappa shape index (κ3) is 9.57. The molecule has 3 atom stereocenters. The lowest BCUT2D eigenvalue weighted by molar-refractivity contribution is -0.385. The molecule has 28 heavy (non-hydrogen) atoms. The van der Waals surface area contributed by atoms with E-state index in [4.69, 9.17) is 4.74 Å². The zero-order valence-corrected chi connectivity index (χ0v) is 19.2. The summed E-state index contributed by atoms with van der Waals surface area (Å²) in [6.07, 6.45) is 4.58. The minimum atomic E-state index is -0.367. The van der Waals surface area contributed by atoms with Gasteiger partial charge in [-0.25, -0.2) is 0 Å². The lowest BCUT2D eigenvalue weighted by Gasteiger charge is -2.31. The van der Waals surface area contributed by atoms with Crippen LogP contribution < -0.4 is 4.74 Å². The van der Waals surface area contributed by atoms with Crippen molar-refractivity contribution in [3.8, 4) is 5.75 Å². The van der Waals surface area contributed by atoms with E-state index in [0.29, 0.717) is 35.5 Å². The van der Waals surface area contributed by atoms with Gasteiger partial charge in [0.1, 0.15) is 0 Å². The molecule has 0 aliphatic carbocycles. The van der Waals surface area contributed by atoms with Gasteiger partial charge in [0.15, 0.2) is 5.75 Å². The zero-order chi connectivity index (χ0) is 21.5. The number of nitro groups is 1. The standard InChI is InChI=1S/C24H41NO3/c1-18(15-23(3,4)5)13-14-20(19(2)16-24(6,7)8)17-28-22-12-10-9-11-21(22)25(26)27/h9-12,18-20H,13-17H2,1-8H3/t18-,19-,20+/m0/s1. The van der Waals surface area contributed by atoms with Crippen LogP contribution >= 0.6 is 0 Å². The van der Waals surface area contributed by atoms with Gasteiger partial charge >= 0.3 is 5.69 Å². The Kier molecular flexibility index (Phi) is 8.97. The van der Waals surface area contributed by atoms with Gasteiger partial charge in [0.2, 0.25) is 0 Å². The second kappa shape index (κ2) is 10.3. The number of para-hydroxylation sites is 2. The maximum Gasteiger partial charge on any atom is 0.310 e. The maximum atomic E-state index is 11.3. The normalized spacial score (nSPS) is 15.7. The summed E-state index contributed by atoms with van der Waals surface area (Å²) in [5.41, 5.74) is 0.645. The highest BCUT2D eigenvalue weighted by atomic mass is 16.6. The third-order valence-corrected chi connectivity index (χ3v) is 5.25. The molecular weight excluding hydrogens is 350 g/mol. The molecular formula is C24H41NO3. The Morgan fingerprint density at radius 2 is 1.54 bits per heavy atom. The van der Waals surface area contributed by atoms with Crippen LogP contribution in [0.25, 0.3) is 0 Å². The molecule has 0 saturated carbocycles. The molecule has 0 amide bonds. The van der Waals surface area contributed by atoms with Crippen molar-refractivity contribution in [2.75, 3.05) is 6.61 Å². The molecule has 0 aromatic heterocycles. The summed E-state index contributed by atoms with van der Waals surface area (Å²) < 4.78 is 5.99. The molecule has 0 fully saturated rings. The van der Waals surface area contributed by atoms with Crippen LogP contribution in [0.1, 0.15) is 81.1 Å². The van der Waals surface area contributed by atoms with Gasteiger partial charge in [0.05, 0.1) is 11.5 Å². The number of ether oxygens (including phenoxy) is 1. The van der Waals surface area contributed by atoms with E-state index in [-0.39, 0.29) is 16.0 Å². The van der Waals surface area contributed by atoms with Crippen LogP contribution in [0.5, 0.6) is 5.75 Å². The molecule has 0 aliphatic heterocycles. The van der Waals surface area contributed by atoms with Crippen molar-refractivity contribution in [2.45, 2.75) is 81.1 Å². The molecule has 1 aromatic rings. The van der Waals surface area contributed by atoms with E-state index in [0.717, 1.165) is 19.3 Å². The van der Waals surface area contributed by atoms with Crippen LogP contribution in [0, 0.1) is 38.7 Å². The van der Waals surface area contributed by atoms with Crippen LogP contribution in [0.4, 0.5) is 5.69 Å². The zero-order valence-electron chi connectivity index (χ0n) is 19.2. The van der Waals surface area contributed by atoms with E-state index in [2.05, 4.69) is 55.4 Å². The molecule has 0 unspecified atom stereocenters.